The van der Waals surface area contributed by atoms with Crippen molar-refractivity contribution in [3.8, 4) is 5.75 Å². The predicted molar refractivity (Wildman–Crippen MR) is 70.5 cm³/mol. The van der Waals surface area contributed by atoms with E-state index in [-0.39, 0.29) is 16.3 Å². The number of rotatable bonds is 3. The third-order valence-electron chi connectivity index (χ3n) is 2.50. The van der Waals surface area contributed by atoms with Gasteiger partial charge in [-0.1, -0.05) is 46.3 Å². The van der Waals surface area contributed by atoms with Crippen LogP contribution >= 0.6 is 15.9 Å². The molecule has 0 aliphatic heterocycles. The zero-order valence-electron chi connectivity index (χ0n) is 9.08. The molecule has 1 N–H and O–H groups in total. The van der Waals surface area contributed by atoms with E-state index < -0.39 is 0 Å². The molecule has 0 aliphatic rings. The van der Waals surface area contributed by atoms with Gasteiger partial charge in [0.1, 0.15) is 0 Å². The van der Waals surface area contributed by atoms with Gasteiger partial charge in [0.2, 0.25) is 0 Å². The molecule has 2 aromatic rings. The smallest absolute Gasteiger partial charge is 0.293 e. The summed E-state index contributed by atoms with van der Waals surface area (Å²) >= 11 is 3.46. The Balaban J connectivity index is 2.24. The third kappa shape index (κ3) is 2.77. The Morgan fingerprint density at radius 2 is 1.88 bits per heavy atom. The number of benzene rings is 1. The van der Waals surface area contributed by atoms with Gasteiger partial charge in [-0.25, -0.2) is 0 Å². The quantitative estimate of drug-likeness (QED) is 0.884. The van der Waals surface area contributed by atoms with E-state index in [1.54, 1.807) is 12.3 Å². The lowest BCUT2D eigenvalue weighted by Gasteiger charge is -2.13. The maximum Gasteiger partial charge on any atom is 0.293 e. The van der Waals surface area contributed by atoms with Gasteiger partial charge in [0, 0.05) is 12.6 Å². The highest BCUT2D eigenvalue weighted by Gasteiger charge is 2.10. The van der Waals surface area contributed by atoms with E-state index in [0.29, 0.717) is 6.42 Å². The van der Waals surface area contributed by atoms with Gasteiger partial charge < -0.3 is 5.11 Å². The van der Waals surface area contributed by atoms with Gasteiger partial charge in [-0.2, -0.15) is 0 Å². The summed E-state index contributed by atoms with van der Waals surface area (Å²) in [5.74, 6) is -0.231. The van der Waals surface area contributed by atoms with Gasteiger partial charge in [0.25, 0.3) is 5.56 Å². The highest BCUT2D eigenvalue weighted by atomic mass is 79.9. The van der Waals surface area contributed by atoms with Crippen molar-refractivity contribution in [1.82, 2.24) is 4.57 Å². The molecule has 0 saturated heterocycles. The SMILES string of the molecule is O=c1c(O)cccn1C(Br)Cc1ccccc1. The Kier molecular flexibility index (Phi) is 3.64. The number of hydrogen-bond acceptors (Lipinski definition) is 2. The zero-order valence-corrected chi connectivity index (χ0v) is 10.7. The van der Waals surface area contributed by atoms with Crippen LogP contribution in [0.2, 0.25) is 0 Å². The van der Waals surface area contributed by atoms with Crippen LogP contribution in [-0.2, 0) is 6.42 Å². The molecule has 1 aromatic carbocycles. The molecule has 0 radical (unpaired) electrons. The number of aromatic hydroxyl groups is 1. The van der Waals surface area contributed by atoms with Crippen LogP contribution in [0.3, 0.4) is 0 Å². The standard InChI is InChI=1S/C13H12BrNO2/c14-12(9-10-5-2-1-3-6-10)15-8-4-7-11(16)13(15)17/h1-8,12,16H,9H2. The molecule has 88 valence electrons. The molecule has 1 atom stereocenters. The predicted octanol–water partition coefficient (Wildman–Crippen LogP) is 2.69. The van der Waals surface area contributed by atoms with Crippen molar-refractivity contribution in [1.29, 1.82) is 0 Å². The summed E-state index contributed by atoms with van der Waals surface area (Å²) in [7, 11) is 0. The first-order valence-electron chi connectivity index (χ1n) is 5.26. The number of alkyl halides is 1. The minimum Gasteiger partial charge on any atom is -0.503 e. The number of halogens is 1. The van der Waals surface area contributed by atoms with Crippen molar-refractivity contribution in [3.63, 3.8) is 0 Å². The summed E-state index contributed by atoms with van der Waals surface area (Å²) in [6.45, 7) is 0. The highest BCUT2D eigenvalue weighted by molar-refractivity contribution is 9.09. The number of aromatic nitrogens is 1. The fourth-order valence-corrected chi connectivity index (χ4v) is 2.32. The van der Waals surface area contributed by atoms with Gasteiger partial charge >= 0.3 is 0 Å². The monoisotopic (exact) mass is 293 g/mol. The lowest BCUT2D eigenvalue weighted by molar-refractivity contribution is 0.456. The van der Waals surface area contributed by atoms with E-state index in [1.807, 2.05) is 30.3 Å². The molecule has 0 spiro atoms. The second kappa shape index (κ2) is 5.19. The summed E-state index contributed by atoms with van der Waals surface area (Å²) in [6, 6.07) is 12.9. The van der Waals surface area contributed by atoms with Crippen molar-refractivity contribution in [2.24, 2.45) is 0 Å². The molecular weight excluding hydrogens is 282 g/mol. The normalized spacial score (nSPS) is 12.3. The van der Waals surface area contributed by atoms with E-state index in [2.05, 4.69) is 15.9 Å². The average molecular weight is 294 g/mol. The topological polar surface area (TPSA) is 42.2 Å². The van der Waals surface area contributed by atoms with Crippen molar-refractivity contribution in [3.05, 3.63) is 64.6 Å². The number of pyridine rings is 1. The first-order chi connectivity index (χ1) is 8.18. The van der Waals surface area contributed by atoms with Crippen LogP contribution < -0.4 is 5.56 Å². The Labute approximate surface area is 107 Å². The van der Waals surface area contributed by atoms with Gasteiger partial charge in [0.05, 0.1) is 4.95 Å². The average Bonchev–Trinajstić information content (AvgIpc) is 2.34. The fourth-order valence-electron chi connectivity index (χ4n) is 1.63. The lowest BCUT2D eigenvalue weighted by atomic mass is 10.1. The summed E-state index contributed by atoms with van der Waals surface area (Å²) in [5.41, 5.74) is 0.745. The maximum atomic E-state index is 11.7. The molecule has 1 aromatic heterocycles. The molecule has 0 aliphatic carbocycles. The Morgan fingerprint density at radius 3 is 2.59 bits per heavy atom. The van der Waals surface area contributed by atoms with Crippen molar-refractivity contribution in [2.75, 3.05) is 0 Å². The summed E-state index contributed by atoms with van der Waals surface area (Å²) in [4.78, 5) is 11.5. The molecule has 1 heterocycles. The molecule has 1 unspecified atom stereocenters. The summed E-state index contributed by atoms with van der Waals surface area (Å²) in [5, 5.41) is 9.36. The molecule has 4 heteroatoms. The maximum absolute atomic E-state index is 11.7. The van der Waals surface area contributed by atoms with Crippen LogP contribution in [0.25, 0.3) is 0 Å². The van der Waals surface area contributed by atoms with Crippen LogP contribution in [0.5, 0.6) is 5.75 Å². The molecule has 0 bridgehead atoms. The van der Waals surface area contributed by atoms with Crippen LogP contribution in [0.4, 0.5) is 0 Å². The largest absolute Gasteiger partial charge is 0.503 e. The van der Waals surface area contributed by atoms with E-state index in [4.69, 9.17) is 0 Å². The van der Waals surface area contributed by atoms with Crippen LogP contribution in [0, 0.1) is 0 Å². The van der Waals surface area contributed by atoms with Gasteiger partial charge in [-0.15, -0.1) is 0 Å². The molecule has 0 fully saturated rings. The minimum atomic E-state index is -0.384. The second-order valence-electron chi connectivity index (χ2n) is 3.73. The van der Waals surface area contributed by atoms with E-state index in [1.165, 1.54) is 10.6 Å². The van der Waals surface area contributed by atoms with Gasteiger partial charge in [-0.3, -0.25) is 9.36 Å². The molecule has 17 heavy (non-hydrogen) atoms. The van der Waals surface area contributed by atoms with Crippen LogP contribution in [-0.4, -0.2) is 9.67 Å². The lowest BCUT2D eigenvalue weighted by Crippen LogP contribution is -2.21. The van der Waals surface area contributed by atoms with Crippen LogP contribution in [0.15, 0.2) is 53.5 Å². The first-order valence-corrected chi connectivity index (χ1v) is 6.18. The first kappa shape index (κ1) is 11.9. The van der Waals surface area contributed by atoms with Crippen molar-refractivity contribution < 1.29 is 5.11 Å². The van der Waals surface area contributed by atoms with Crippen molar-refractivity contribution in [2.45, 2.75) is 11.4 Å². The molecule has 0 saturated carbocycles. The van der Waals surface area contributed by atoms with Crippen LogP contribution in [0.1, 0.15) is 10.5 Å². The summed E-state index contributed by atoms with van der Waals surface area (Å²) in [6.07, 6.45) is 2.34. The molecule has 3 nitrogen and oxygen atoms in total. The van der Waals surface area contributed by atoms with Gasteiger partial charge in [-0.05, 0) is 17.7 Å². The number of hydrogen-bond donors (Lipinski definition) is 1. The Morgan fingerprint density at radius 1 is 1.18 bits per heavy atom. The third-order valence-corrected chi connectivity index (χ3v) is 3.27. The second-order valence-corrected chi connectivity index (χ2v) is 4.79. The Hall–Kier alpha value is -1.55. The number of nitrogens with zero attached hydrogens (tertiary/aromatic N) is 1. The highest BCUT2D eigenvalue weighted by Crippen LogP contribution is 2.19. The molecule has 0 amide bonds. The van der Waals surface area contributed by atoms with E-state index in [0.717, 1.165) is 5.56 Å². The van der Waals surface area contributed by atoms with E-state index >= 15 is 0 Å². The van der Waals surface area contributed by atoms with Crippen molar-refractivity contribution >= 4 is 15.9 Å². The van der Waals surface area contributed by atoms with E-state index in [9.17, 15) is 9.90 Å². The minimum absolute atomic E-state index is 0.163. The molecular formula is C13H12BrNO2. The molecule has 2 rings (SSSR count). The summed E-state index contributed by atoms with van der Waals surface area (Å²) < 4.78 is 1.47. The fraction of sp³-hybridized carbons (Fsp3) is 0.154. The Bertz CT molecular complexity index is 551. The van der Waals surface area contributed by atoms with Gasteiger partial charge in [0.15, 0.2) is 5.75 Å². The zero-order chi connectivity index (χ0) is 12.3.